The van der Waals surface area contributed by atoms with Gasteiger partial charge in [0.25, 0.3) is 0 Å². The average molecular weight is 334 g/mol. The zero-order valence-electron chi connectivity index (χ0n) is 11.3. The Balaban J connectivity index is 2.36. The molecule has 0 aliphatic carbocycles. The number of nitrogens with zero attached hydrogens (tertiary/aromatic N) is 2. The molecule has 0 atom stereocenters. The van der Waals surface area contributed by atoms with Crippen LogP contribution in [0.25, 0.3) is 0 Å². The Kier molecular flexibility index (Phi) is 4.14. The molecule has 0 saturated carbocycles. The molecule has 120 valence electrons. The summed E-state index contributed by atoms with van der Waals surface area (Å²) in [6.07, 6.45) is -3.96. The summed E-state index contributed by atoms with van der Waals surface area (Å²) in [5, 5.41) is 11.9. The summed E-state index contributed by atoms with van der Waals surface area (Å²) in [7, 11) is -4.00. The molecule has 1 aromatic rings. The van der Waals surface area contributed by atoms with Gasteiger partial charge in [0.15, 0.2) is 5.04 Å². The third-order valence-electron chi connectivity index (χ3n) is 3.07. The first-order valence-corrected chi connectivity index (χ1v) is 7.72. The largest absolute Gasteiger partial charge is 0.416 e. The molecule has 22 heavy (non-hydrogen) atoms. The van der Waals surface area contributed by atoms with E-state index >= 15 is 0 Å². The van der Waals surface area contributed by atoms with Crippen LogP contribution in [0.3, 0.4) is 0 Å². The molecule has 0 unspecified atom stereocenters. The first kappa shape index (κ1) is 16.3. The Morgan fingerprint density at radius 2 is 1.86 bits per heavy atom. The first-order valence-electron chi connectivity index (χ1n) is 6.24. The van der Waals surface area contributed by atoms with Crippen molar-refractivity contribution in [2.45, 2.75) is 23.9 Å². The van der Waals surface area contributed by atoms with Gasteiger partial charge in [0.2, 0.25) is 15.8 Å². The smallest absolute Gasteiger partial charge is 0.369 e. The summed E-state index contributed by atoms with van der Waals surface area (Å²) in [5.41, 5.74) is 4.33. The molecule has 1 aliphatic rings. The van der Waals surface area contributed by atoms with E-state index in [2.05, 4.69) is 5.10 Å². The third-order valence-corrected chi connectivity index (χ3v) is 4.87. The van der Waals surface area contributed by atoms with Crippen molar-refractivity contribution in [3.8, 4) is 0 Å². The molecule has 10 heteroatoms. The molecule has 0 aromatic heterocycles. The second-order valence-electron chi connectivity index (χ2n) is 4.63. The lowest BCUT2D eigenvalue weighted by Crippen LogP contribution is -2.38. The van der Waals surface area contributed by atoms with Crippen molar-refractivity contribution >= 4 is 20.8 Å². The second-order valence-corrected chi connectivity index (χ2v) is 6.58. The number of hydrogen-bond donors (Lipinski definition) is 2. The van der Waals surface area contributed by atoms with E-state index < -0.39 is 21.6 Å². The minimum Gasteiger partial charge on any atom is -0.369 e. The number of alkyl halides is 3. The van der Waals surface area contributed by atoms with Crippen LogP contribution in [0.15, 0.2) is 34.3 Å². The van der Waals surface area contributed by atoms with E-state index in [0.29, 0.717) is 25.1 Å². The van der Waals surface area contributed by atoms with Gasteiger partial charge in [0.05, 0.1) is 10.5 Å². The molecule has 3 N–H and O–H groups in total. The number of halogens is 3. The standard InChI is InChI=1S/C12H13F3N4O2S/c13-12(14,15)8-3-5-9(6-4-8)22(20,21)10-2-1-7-19(18-10)11(16)17/h3-6H,1-2,7H2,(H3,16,17). The van der Waals surface area contributed by atoms with Crippen molar-refractivity contribution < 1.29 is 21.6 Å². The molecule has 0 fully saturated rings. The highest BCUT2D eigenvalue weighted by Crippen LogP contribution is 2.30. The van der Waals surface area contributed by atoms with Crippen LogP contribution in [0, 0.1) is 5.41 Å². The van der Waals surface area contributed by atoms with E-state index in [0.717, 1.165) is 17.1 Å². The Morgan fingerprint density at radius 1 is 1.27 bits per heavy atom. The van der Waals surface area contributed by atoms with Gasteiger partial charge in [-0.15, -0.1) is 0 Å². The summed E-state index contributed by atoms with van der Waals surface area (Å²) in [6, 6.07) is 3.21. The van der Waals surface area contributed by atoms with E-state index in [9.17, 15) is 21.6 Å². The van der Waals surface area contributed by atoms with Crippen molar-refractivity contribution in [3.05, 3.63) is 29.8 Å². The van der Waals surface area contributed by atoms with Gasteiger partial charge < -0.3 is 5.73 Å². The predicted octanol–water partition coefficient (Wildman–Crippen LogP) is 1.78. The molecule has 1 aromatic carbocycles. The highest BCUT2D eigenvalue weighted by atomic mass is 32.2. The molecule has 0 spiro atoms. The molecule has 1 aliphatic heterocycles. The topological polar surface area (TPSA) is 99.6 Å². The SMILES string of the molecule is N=C(N)N1CCCC(S(=O)(=O)c2ccc(C(F)(F)F)cc2)=N1. The maximum Gasteiger partial charge on any atom is 0.416 e. The number of hydrogen-bond acceptors (Lipinski definition) is 4. The van der Waals surface area contributed by atoms with Gasteiger partial charge in [0, 0.05) is 13.0 Å². The minimum atomic E-state index is -4.53. The number of rotatable bonds is 1. The van der Waals surface area contributed by atoms with E-state index in [1.54, 1.807) is 0 Å². The van der Waals surface area contributed by atoms with Crippen molar-refractivity contribution in [1.82, 2.24) is 5.01 Å². The monoisotopic (exact) mass is 334 g/mol. The van der Waals surface area contributed by atoms with E-state index in [1.165, 1.54) is 0 Å². The van der Waals surface area contributed by atoms with Crippen molar-refractivity contribution in [1.29, 1.82) is 5.41 Å². The third kappa shape index (κ3) is 3.21. The van der Waals surface area contributed by atoms with Gasteiger partial charge >= 0.3 is 6.18 Å². The number of benzene rings is 1. The van der Waals surface area contributed by atoms with Crippen LogP contribution in [0.4, 0.5) is 13.2 Å². The Morgan fingerprint density at radius 3 is 2.36 bits per heavy atom. The van der Waals surface area contributed by atoms with Crippen LogP contribution < -0.4 is 5.73 Å². The summed E-state index contributed by atoms with van der Waals surface area (Å²) in [5.74, 6) is -0.389. The summed E-state index contributed by atoms with van der Waals surface area (Å²) >= 11 is 0. The fourth-order valence-electron chi connectivity index (χ4n) is 1.94. The van der Waals surface area contributed by atoms with Crippen LogP contribution in [0.2, 0.25) is 0 Å². The highest BCUT2D eigenvalue weighted by molar-refractivity contribution is 8.06. The van der Waals surface area contributed by atoms with Crippen LogP contribution in [0.5, 0.6) is 0 Å². The number of sulfone groups is 1. The quantitative estimate of drug-likeness (QED) is 0.604. The van der Waals surface area contributed by atoms with Crippen molar-refractivity contribution in [3.63, 3.8) is 0 Å². The first-order chi connectivity index (χ1) is 10.1. The normalized spacial score (nSPS) is 16.3. The van der Waals surface area contributed by atoms with Gasteiger partial charge in [-0.25, -0.2) is 13.4 Å². The fraction of sp³-hybridized carbons (Fsp3) is 0.333. The van der Waals surface area contributed by atoms with E-state index in [4.69, 9.17) is 11.1 Å². The molecule has 0 saturated heterocycles. The van der Waals surface area contributed by atoms with Gasteiger partial charge in [-0.1, -0.05) is 0 Å². The Hall–Kier alpha value is -2.10. The van der Waals surface area contributed by atoms with E-state index in [-0.39, 0.29) is 22.3 Å². The van der Waals surface area contributed by atoms with Gasteiger partial charge in [0.1, 0.15) is 0 Å². The van der Waals surface area contributed by atoms with Crippen LogP contribution in [-0.2, 0) is 16.0 Å². The number of nitrogens with two attached hydrogens (primary N) is 1. The van der Waals surface area contributed by atoms with Crippen molar-refractivity contribution in [2.24, 2.45) is 10.8 Å². The Labute approximate surface area is 124 Å². The van der Waals surface area contributed by atoms with Gasteiger partial charge in [-0.3, -0.25) is 5.41 Å². The molecule has 0 radical (unpaired) electrons. The second kappa shape index (κ2) is 5.59. The highest BCUT2D eigenvalue weighted by Gasteiger charge is 2.32. The van der Waals surface area contributed by atoms with Crippen LogP contribution in [-0.4, -0.2) is 31.0 Å². The van der Waals surface area contributed by atoms with Crippen LogP contribution in [0.1, 0.15) is 18.4 Å². The Bertz CT molecular complexity index is 711. The summed E-state index contributed by atoms with van der Waals surface area (Å²) < 4.78 is 62.2. The van der Waals surface area contributed by atoms with Gasteiger partial charge in [-0.2, -0.15) is 18.3 Å². The maximum atomic E-state index is 12.5. The van der Waals surface area contributed by atoms with Crippen LogP contribution >= 0.6 is 0 Å². The molecule has 1 heterocycles. The predicted molar refractivity (Wildman–Crippen MR) is 73.9 cm³/mol. The average Bonchev–Trinajstić information content (AvgIpc) is 2.46. The number of nitrogens with one attached hydrogen (secondary N) is 1. The van der Waals surface area contributed by atoms with E-state index in [1.807, 2.05) is 0 Å². The van der Waals surface area contributed by atoms with Crippen molar-refractivity contribution in [2.75, 3.05) is 6.54 Å². The summed E-state index contributed by atoms with van der Waals surface area (Å²) in [4.78, 5) is -0.273. The number of guanidine groups is 1. The zero-order valence-corrected chi connectivity index (χ0v) is 12.1. The molecular formula is C12H13F3N4O2S. The minimum absolute atomic E-state index is 0.146. The maximum absolute atomic E-state index is 12.5. The number of hydrazone groups is 1. The molecule has 0 amide bonds. The lowest BCUT2D eigenvalue weighted by atomic mass is 10.2. The van der Waals surface area contributed by atoms with Gasteiger partial charge in [-0.05, 0) is 30.7 Å². The molecule has 2 rings (SSSR count). The molecular weight excluding hydrogens is 321 g/mol. The molecule has 6 nitrogen and oxygen atoms in total. The fourth-order valence-corrected chi connectivity index (χ4v) is 3.32. The lowest BCUT2D eigenvalue weighted by Gasteiger charge is -2.23. The molecule has 0 bridgehead atoms. The lowest BCUT2D eigenvalue weighted by molar-refractivity contribution is -0.137. The zero-order chi connectivity index (χ0) is 16.5. The summed E-state index contributed by atoms with van der Waals surface area (Å²) in [6.45, 7) is 0.321.